The van der Waals surface area contributed by atoms with Crippen LogP contribution in [-0.4, -0.2) is 18.2 Å². The molecule has 4 heteroatoms. The maximum Gasteiger partial charge on any atom is 0.220 e. The molecule has 0 aliphatic carbocycles. The van der Waals surface area contributed by atoms with Gasteiger partial charge in [0.1, 0.15) is 0 Å². The van der Waals surface area contributed by atoms with Crippen LogP contribution in [0, 0.1) is 0 Å². The van der Waals surface area contributed by atoms with Crippen LogP contribution in [0.5, 0.6) is 0 Å². The van der Waals surface area contributed by atoms with E-state index >= 15 is 0 Å². The topological polar surface area (TPSA) is 46.2 Å². The molecule has 3 nitrogen and oxygen atoms in total. The van der Waals surface area contributed by atoms with Gasteiger partial charge in [-0.3, -0.25) is 9.59 Å². The van der Waals surface area contributed by atoms with Gasteiger partial charge in [0.2, 0.25) is 5.91 Å². The van der Waals surface area contributed by atoms with Crippen LogP contribution in [0.1, 0.15) is 23.7 Å². The van der Waals surface area contributed by atoms with E-state index in [0.717, 1.165) is 0 Å². The molecule has 1 aromatic carbocycles. The average Bonchev–Trinajstić information content (AvgIpc) is 2.26. The Morgan fingerprint density at radius 1 is 1.27 bits per heavy atom. The van der Waals surface area contributed by atoms with Crippen molar-refractivity contribution in [3.63, 3.8) is 0 Å². The number of carbonyl (C=O) groups excluding carboxylic acids is 2. The summed E-state index contributed by atoms with van der Waals surface area (Å²) in [4.78, 5) is 22.4. The Bertz CT molecular complexity index is 359. The number of nitrogens with one attached hydrogen (secondary N) is 1. The van der Waals surface area contributed by atoms with Crippen molar-refractivity contribution < 1.29 is 9.59 Å². The monoisotopic (exact) mass is 225 g/mol. The van der Waals surface area contributed by atoms with E-state index in [9.17, 15) is 9.59 Å². The Balaban J connectivity index is 2.54. The van der Waals surface area contributed by atoms with Crippen LogP contribution in [0.15, 0.2) is 24.3 Å². The second-order valence-electron chi connectivity index (χ2n) is 3.06. The van der Waals surface area contributed by atoms with E-state index in [1.54, 1.807) is 31.2 Å². The van der Waals surface area contributed by atoms with Gasteiger partial charge >= 0.3 is 0 Å². The zero-order chi connectivity index (χ0) is 11.3. The molecular formula is C11H12ClNO2. The zero-order valence-electron chi connectivity index (χ0n) is 8.42. The number of carbonyl (C=O) groups is 2. The van der Waals surface area contributed by atoms with Crippen LogP contribution in [0.3, 0.4) is 0 Å². The molecule has 80 valence electrons. The van der Waals surface area contributed by atoms with Gasteiger partial charge in [-0.25, -0.2) is 0 Å². The number of halogens is 1. The van der Waals surface area contributed by atoms with E-state index < -0.39 is 0 Å². The predicted octanol–water partition coefficient (Wildman–Crippen LogP) is 2.05. The molecule has 15 heavy (non-hydrogen) atoms. The summed E-state index contributed by atoms with van der Waals surface area (Å²) in [5.74, 6) is -0.245. The van der Waals surface area contributed by atoms with Crippen LogP contribution in [-0.2, 0) is 4.79 Å². The molecule has 0 bridgehead atoms. The molecule has 1 rings (SSSR count). The fraction of sp³-hybridized carbons (Fsp3) is 0.273. The third-order valence-electron chi connectivity index (χ3n) is 1.93. The maximum atomic E-state index is 11.5. The molecular weight excluding hydrogens is 214 g/mol. The quantitative estimate of drug-likeness (QED) is 0.798. The first-order valence-corrected chi connectivity index (χ1v) is 5.06. The van der Waals surface area contributed by atoms with Crippen LogP contribution in [0.4, 0.5) is 0 Å². The van der Waals surface area contributed by atoms with E-state index in [4.69, 9.17) is 11.6 Å². The van der Waals surface area contributed by atoms with E-state index in [-0.39, 0.29) is 18.2 Å². The smallest absolute Gasteiger partial charge is 0.220 e. The number of ketones is 1. The minimum atomic E-state index is -0.127. The van der Waals surface area contributed by atoms with Gasteiger partial charge in [-0.05, 0) is 24.3 Å². The SMILES string of the molecule is CCC(=O)NCC(=O)c1ccc(Cl)cc1. The zero-order valence-corrected chi connectivity index (χ0v) is 9.17. The number of hydrogen-bond acceptors (Lipinski definition) is 2. The van der Waals surface area contributed by atoms with Crippen LogP contribution >= 0.6 is 11.6 Å². The van der Waals surface area contributed by atoms with Gasteiger partial charge in [-0.2, -0.15) is 0 Å². The van der Waals surface area contributed by atoms with Crippen molar-refractivity contribution in [3.05, 3.63) is 34.9 Å². The third kappa shape index (κ3) is 3.72. The molecule has 0 saturated heterocycles. The third-order valence-corrected chi connectivity index (χ3v) is 2.19. The Labute approximate surface area is 93.4 Å². The molecule has 0 unspecified atom stereocenters. The van der Waals surface area contributed by atoms with Crippen molar-refractivity contribution in [2.45, 2.75) is 13.3 Å². The highest BCUT2D eigenvalue weighted by Gasteiger charge is 2.06. The molecule has 0 aromatic heterocycles. The maximum absolute atomic E-state index is 11.5. The average molecular weight is 226 g/mol. The molecule has 0 saturated carbocycles. The van der Waals surface area contributed by atoms with Crippen molar-refractivity contribution in [2.24, 2.45) is 0 Å². The minimum Gasteiger partial charge on any atom is -0.349 e. The molecule has 0 radical (unpaired) electrons. The predicted molar refractivity (Wildman–Crippen MR) is 59.1 cm³/mol. The number of hydrogen-bond donors (Lipinski definition) is 1. The highest BCUT2D eigenvalue weighted by Crippen LogP contribution is 2.09. The highest BCUT2D eigenvalue weighted by atomic mass is 35.5. The first kappa shape index (κ1) is 11.7. The Hall–Kier alpha value is -1.35. The summed E-state index contributed by atoms with van der Waals surface area (Å²) in [7, 11) is 0. The lowest BCUT2D eigenvalue weighted by molar-refractivity contribution is -0.120. The van der Waals surface area contributed by atoms with Crippen molar-refractivity contribution in [2.75, 3.05) is 6.54 Å². The Kier molecular flexibility index (Phi) is 4.31. The molecule has 0 spiro atoms. The first-order chi connectivity index (χ1) is 7.13. The fourth-order valence-corrected chi connectivity index (χ4v) is 1.17. The van der Waals surface area contributed by atoms with Gasteiger partial charge in [-0.15, -0.1) is 0 Å². The van der Waals surface area contributed by atoms with Gasteiger partial charge in [0, 0.05) is 17.0 Å². The summed E-state index contributed by atoms with van der Waals surface area (Å²) in [5.41, 5.74) is 0.552. The number of benzene rings is 1. The summed E-state index contributed by atoms with van der Waals surface area (Å²) in [6.07, 6.45) is 0.383. The fourth-order valence-electron chi connectivity index (χ4n) is 1.04. The number of amides is 1. The molecule has 1 N–H and O–H groups in total. The van der Waals surface area contributed by atoms with Gasteiger partial charge in [-0.1, -0.05) is 18.5 Å². The van der Waals surface area contributed by atoms with Crippen molar-refractivity contribution in [1.29, 1.82) is 0 Å². The molecule has 0 aliphatic heterocycles. The van der Waals surface area contributed by atoms with E-state index in [0.29, 0.717) is 17.0 Å². The second-order valence-corrected chi connectivity index (χ2v) is 3.50. The van der Waals surface area contributed by atoms with Gasteiger partial charge < -0.3 is 5.32 Å². The normalized spacial score (nSPS) is 9.73. The lowest BCUT2D eigenvalue weighted by atomic mass is 10.1. The summed E-state index contributed by atoms with van der Waals surface area (Å²) in [6.45, 7) is 1.77. The van der Waals surface area contributed by atoms with Crippen molar-refractivity contribution >= 4 is 23.3 Å². The molecule has 1 aromatic rings. The summed E-state index contributed by atoms with van der Waals surface area (Å²) in [6, 6.07) is 6.58. The Morgan fingerprint density at radius 3 is 2.40 bits per heavy atom. The van der Waals surface area contributed by atoms with Crippen molar-refractivity contribution in [1.82, 2.24) is 5.32 Å². The summed E-state index contributed by atoms with van der Waals surface area (Å²) in [5, 5.41) is 3.11. The van der Waals surface area contributed by atoms with Crippen molar-refractivity contribution in [3.8, 4) is 0 Å². The molecule has 0 aliphatic rings. The highest BCUT2D eigenvalue weighted by molar-refractivity contribution is 6.30. The van der Waals surface area contributed by atoms with Gasteiger partial charge in [0.25, 0.3) is 0 Å². The number of Topliss-reactive ketones (excluding diaryl/α,β-unsaturated/α-hetero) is 1. The first-order valence-electron chi connectivity index (χ1n) is 4.69. The largest absolute Gasteiger partial charge is 0.349 e. The standard InChI is InChI=1S/C11H12ClNO2/c1-2-11(15)13-7-10(14)8-3-5-9(12)6-4-8/h3-6H,2,7H2,1H3,(H,13,15). The summed E-state index contributed by atoms with van der Waals surface area (Å²) < 4.78 is 0. The lowest BCUT2D eigenvalue weighted by Gasteiger charge is -2.02. The second kappa shape index (κ2) is 5.51. The van der Waals surface area contributed by atoms with E-state index in [1.165, 1.54) is 0 Å². The van der Waals surface area contributed by atoms with Gasteiger partial charge in [0.05, 0.1) is 6.54 Å². The molecule has 0 atom stereocenters. The van der Waals surface area contributed by atoms with E-state index in [2.05, 4.69) is 5.32 Å². The molecule has 1 amide bonds. The van der Waals surface area contributed by atoms with Crippen LogP contribution in [0.25, 0.3) is 0 Å². The number of rotatable bonds is 4. The van der Waals surface area contributed by atoms with Crippen LogP contribution < -0.4 is 5.32 Å². The Morgan fingerprint density at radius 2 is 1.87 bits per heavy atom. The van der Waals surface area contributed by atoms with Gasteiger partial charge in [0.15, 0.2) is 5.78 Å². The van der Waals surface area contributed by atoms with Crippen LogP contribution in [0.2, 0.25) is 5.02 Å². The van der Waals surface area contributed by atoms with E-state index in [1.807, 2.05) is 0 Å². The molecule has 0 heterocycles. The lowest BCUT2D eigenvalue weighted by Crippen LogP contribution is -2.28. The minimum absolute atomic E-state index is 0.0360. The molecule has 0 fully saturated rings. The summed E-state index contributed by atoms with van der Waals surface area (Å²) >= 11 is 5.69.